The molecule has 0 amide bonds. The van der Waals surface area contributed by atoms with Gasteiger partial charge in [-0.3, -0.25) is 4.99 Å². The van der Waals surface area contributed by atoms with E-state index in [4.69, 9.17) is 13.9 Å². The fourth-order valence-electron chi connectivity index (χ4n) is 3.10. The Bertz CT molecular complexity index is 1010. The number of ether oxygens (including phenoxy) is 2. The number of aryl methyl sites for hydroxylation is 2. The summed E-state index contributed by atoms with van der Waals surface area (Å²) in [5.74, 6) is 2.85. The highest BCUT2D eigenvalue weighted by molar-refractivity contribution is 5.79. The lowest BCUT2D eigenvalue weighted by Gasteiger charge is -2.15. The molecule has 0 bridgehead atoms. The Balaban J connectivity index is 1.54. The van der Waals surface area contributed by atoms with Gasteiger partial charge in [0.2, 0.25) is 5.89 Å². The highest BCUT2D eigenvalue weighted by Crippen LogP contribution is 2.21. The van der Waals surface area contributed by atoms with E-state index in [1.807, 2.05) is 32.0 Å². The van der Waals surface area contributed by atoms with Gasteiger partial charge in [0, 0.05) is 31.3 Å². The molecule has 0 unspecified atom stereocenters. The van der Waals surface area contributed by atoms with E-state index in [0.29, 0.717) is 44.8 Å². The average molecular weight is 437 g/mol. The molecule has 0 radical (unpaired) electrons. The quantitative estimate of drug-likeness (QED) is 0.281. The molecule has 0 aliphatic rings. The maximum absolute atomic E-state index is 5.92. The normalized spacial score (nSPS) is 11.4. The highest BCUT2D eigenvalue weighted by Gasteiger charge is 2.09. The fraction of sp³-hybridized carbons (Fsp3) is 0.360. The van der Waals surface area contributed by atoms with Crippen LogP contribution in [0.15, 0.2) is 58.1 Å². The second kappa shape index (κ2) is 11.9. The van der Waals surface area contributed by atoms with E-state index in [2.05, 4.69) is 51.8 Å². The number of oxazole rings is 1. The van der Waals surface area contributed by atoms with Crippen molar-refractivity contribution in [2.75, 3.05) is 26.9 Å². The molecule has 0 aliphatic carbocycles. The van der Waals surface area contributed by atoms with Gasteiger partial charge >= 0.3 is 0 Å². The summed E-state index contributed by atoms with van der Waals surface area (Å²) in [5.41, 5.74) is 4.42. The van der Waals surface area contributed by atoms with E-state index in [1.54, 1.807) is 13.2 Å². The molecule has 170 valence electrons. The van der Waals surface area contributed by atoms with Gasteiger partial charge < -0.3 is 24.5 Å². The predicted molar refractivity (Wildman–Crippen MR) is 127 cm³/mol. The Hall–Kier alpha value is -3.32. The minimum Gasteiger partial charge on any atom is -0.491 e. The Kier molecular flexibility index (Phi) is 8.69. The molecule has 2 N–H and O–H groups in total. The topological polar surface area (TPSA) is 80.9 Å². The van der Waals surface area contributed by atoms with Crippen molar-refractivity contribution >= 4 is 5.96 Å². The summed E-state index contributed by atoms with van der Waals surface area (Å²) in [5, 5.41) is 6.56. The first-order valence-electron chi connectivity index (χ1n) is 10.9. The number of benzene rings is 2. The molecule has 0 aliphatic heterocycles. The number of hydrogen-bond donors (Lipinski definition) is 2. The third-order valence-electron chi connectivity index (χ3n) is 4.88. The van der Waals surface area contributed by atoms with E-state index in [9.17, 15) is 0 Å². The molecule has 7 heteroatoms. The van der Waals surface area contributed by atoms with Gasteiger partial charge in [0.05, 0.1) is 19.3 Å². The molecular formula is C25H32N4O3. The van der Waals surface area contributed by atoms with Crippen molar-refractivity contribution in [3.63, 3.8) is 0 Å². The predicted octanol–water partition coefficient (Wildman–Crippen LogP) is 4.24. The van der Waals surface area contributed by atoms with Crippen LogP contribution in [0.5, 0.6) is 5.75 Å². The molecule has 0 saturated carbocycles. The Morgan fingerprint density at radius 2 is 1.75 bits per heavy atom. The van der Waals surface area contributed by atoms with Crippen LogP contribution in [0.3, 0.4) is 0 Å². The SMILES string of the molecule is CCOCCOc1cc(C)ccc1CNC(=NC)NCc1ncc(-c2ccc(C)cc2)o1. The van der Waals surface area contributed by atoms with E-state index < -0.39 is 0 Å². The van der Waals surface area contributed by atoms with Crippen LogP contribution in [0, 0.1) is 13.8 Å². The lowest BCUT2D eigenvalue weighted by Crippen LogP contribution is -2.36. The van der Waals surface area contributed by atoms with E-state index >= 15 is 0 Å². The second-order valence-corrected chi connectivity index (χ2v) is 7.42. The van der Waals surface area contributed by atoms with Crippen LogP contribution in [-0.2, 0) is 17.8 Å². The summed E-state index contributed by atoms with van der Waals surface area (Å²) >= 11 is 0. The van der Waals surface area contributed by atoms with E-state index in [1.165, 1.54) is 5.56 Å². The van der Waals surface area contributed by atoms with Crippen LogP contribution < -0.4 is 15.4 Å². The van der Waals surface area contributed by atoms with Crippen molar-refractivity contribution in [1.29, 1.82) is 0 Å². The number of aromatic nitrogens is 1. The van der Waals surface area contributed by atoms with Crippen LogP contribution in [0.1, 0.15) is 29.5 Å². The Morgan fingerprint density at radius 1 is 1.00 bits per heavy atom. The lowest BCUT2D eigenvalue weighted by atomic mass is 10.1. The van der Waals surface area contributed by atoms with E-state index in [0.717, 1.165) is 28.2 Å². The molecule has 0 spiro atoms. The summed E-state index contributed by atoms with van der Waals surface area (Å²) in [6.07, 6.45) is 1.75. The molecule has 0 saturated heterocycles. The largest absolute Gasteiger partial charge is 0.491 e. The van der Waals surface area contributed by atoms with Crippen molar-refractivity contribution < 1.29 is 13.9 Å². The van der Waals surface area contributed by atoms with Crippen LogP contribution in [0.4, 0.5) is 0 Å². The van der Waals surface area contributed by atoms with Gasteiger partial charge in [-0.1, -0.05) is 42.0 Å². The molecule has 2 aromatic carbocycles. The molecule has 32 heavy (non-hydrogen) atoms. The molecule has 3 aromatic rings. The van der Waals surface area contributed by atoms with Crippen LogP contribution >= 0.6 is 0 Å². The van der Waals surface area contributed by atoms with Crippen LogP contribution in [0.25, 0.3) is 11.3 Å². The number of nitrogens with one attached hydrogen (secondary N) is 2. The zero-order chi connectivity index (χ0) is 22.8. The number of hydrogen-bond acceptors (Lipinski definition) is 5. The number of rotatable bonds is 10. The van der Waals surface area contributed by atoms with Gasteiger partial charge in [-0.05, 0) is 32.4 Å². The van der Waals surface area contributed by atoms with Gasteiger partial charge in [0.15, 0.2) is 11.7 Å². The molecule has 7 nitrogen and oxygen atoms in total. The number of nitrogens with zero attached hydrogens (tertiary/aromatic N) is 2. The van der Waals surface area contributed by atoms with Crippen molar-refractivity contribution in [2.45, 2.75) is 33.9 Å². The first-order valence-corrected chi connectivity index (χ1v) is 10.9. The molecule has 0 fully saturated rings. The lowest BCUT2D eigenvalue weighted by molar-refractivity contribution is 0.110. The zero-order valence-electron chi connectivity index (χ0n) is 19.3. The first-order chi connectivity index (χ1) is 15.6. The van der Waals surface area contributed by atoms with E-state index in [-0.39, 0.29) is 0 Å². The summed E-state index contributed by atoms with van der Waals surface area (Å²) in [4.78, 5) is 8.66. The van der Waals surface area contributed by atoms with Crippen LogP contribution in [0.2, 0.25) is 0 Å². The molecule has 1 heterocycles. The second-order valence-electron chi connectivity index (χ2n) is 7.42. The van der Waals surface area contributed by atoms with Crippen molar-refractivity contribution in [2.24, 2.45) is 4.99 Å². The highest BCUT2D eigenvalue weighted by atomic mass is 16.5. The van der Waals surface area contributed by atoms with Gasteiger partial charge in [0.1, 0.15) is 12.4 Å². The van der Waals surface area contributed by atoms with Gasteiger partial charge in [0.25, 0.3) is 0 Å². The molecule has 3 rings (SSSR count). The summed E-state index contributed by atoms with van der Waals surface area (Å²) in [6, 6.07) is 14.4. The molecule has 1 aromatic heterocycles. The number of guanidine groups is 1. The third kappa shape index (κ3) is 6.85. The average Bonchev–Trinajstić information content (AvgIpc) is 3.27. The zero-order valence-corrected chi connectivity index (χ0v) is 19.3. The first kappa shape index (κ1) is 23.3. The maximum Gasteiger partial charge on any atom is 0.214 e. The minimum absolute atomic E-state index is 0.428. The Labute approximate surface area is 189 Å². The minimum atomic E-state index is 0.428. The van der Waals surface area contributed by atoms with Crippen molar-refractivity contribution in [3.05, 3.63) is 71.2 Å². The summed E-state index contributed by atoms with van der Waals surface area (Å²) in [6.45, 7) is 8.86. The van der Waals surface area contributed by atoms with Gasteiger partial charge in [-0.2, -0.15) is 0 Å². The maximum atomic E-state index is 5.92. The standard InChI is InChI=1S/C25H32N4O3/c1-5-30-12-13-31-22-14-19(3)8-11-21(22)15-28-25(26-4)29-17-24-27-16-23(32-24)20-9-6-18(2)7-10-20/h6-11,14,16H,5,12-13,15,17H2,1-4H3,(H2,26,28,29). The van der Waals surface area contributed by atoms with Crippen LogP contribution in [-0.4, -0.2) is 37.8 Å². The number of aliphatic imine (C=N–C) groups is 1. The third-order valence-corrected chi connectivity index (χ3v) is 4.88. The molecular weight excluding hydrogens is 404 g/mol. The molecule has 0 atom stereocenters. The Morgan fingerprint density at radius 3 is 2.50 bits per heavy atom. The summed E-state index contributed by atoms with van der Waals surface area (Å²) < 4.78 is 17.2. The van der Waals surface area contributed by atoms with Crippen molar-refractivity contribution in [1.82, 2.24) is 15.6 Å². The van der Waals surface area contributed by atoms with Crippen molar-refractivity contribution in [3.8, 4) is 17.1 Å². The monoisotopic (exact) mass is 436 g/mol. The smallest absolute Gasteiger partial charge is 0.214 e. The van der Waals surface area contributed by atoms with Gasteiger partial charge in [-0.25, -0.2) is 4.98 Å². The fourth-order valence-corrected chi connectivity index (χ4v) is 3.10. The summed E-state index contributed by atoms with van der Waals surface area (Å²) in [7, 11) is 1.73. The van der Waals surface area contributed by atoms with Gasteiger partial charge in [-0.15, -0.1) is 0 Å².